The van der Waals surface area contributed by atoms with Crippen molar-refractivity contribution in [2.24, 2.45) is 44.8 Å². The number of carbonyl (C=O) groups is 5. The van der Waals surface area contributed by atoms with E-state index in [-0.39, 0.29) is 37.4 Å². The largest absolute Gasteiger partial charge is 0.493 e. The molecule has 12 nitrogen and oxygen atoms in total. The summed E-state index contributed by atoms with van der Waals surface area (Å²) in [6, 6.07) is 0. The van der Waals surface area contributed by atoms with Crippen LogP contribution in [0.1, 0.15) is 101 Å². The molecule has 0 radical (unpaired) electrons. The highest BCUT2D eigenvalue weighted by atomic mass is 16.6. The average molecular weight is 689 g/mol. The Morgan fingerprint density at radius 1 is 0.878 bits per heavy atom. The minimum atomic E-state index is -2.10. The van der Waals surface area contributed by atoms with Gasteiger partial charge >= 0.3 is 23.9 Å². The van der Waals surface area contributed by atoms with Crippen molar-refractivity contribution in [2.75, 3.05) is 7.11 Å². The predicted octanol–water partition coefficient (Wildman–Crippen LogP) is 3.58. The van der Waals surface area contributed by atoms with Crippen molar-refractivity contribution < 1.29 is 57.9 Å². The second-order valence-corrected chi connectivity index (χ2v) is 17.2. The molecule has 2 N–H and O–H groups in total. The van der Waals surface area contributed by atoms with E-state index >= 15 is 0 Å². The van der Waals surface area contributed by atoms with Crippen LogP contribution in [0.25, 0.3) is 0 Å². The number of aliphatic hydroxyl groups excluding tert-OH is 1. The standard InChI is InChI=1S/C37H52O12/c1-17-13-33(8)24-12-22(41)26(45-11)18(2)32(24,7)14-23(42)27(33)37(17)35(10,44)29(48-21(5)40)28(47-20(4)39)34(9)25(46-19(3)38)15-31(6)16-36(34,37)49-30(31)43/h17,23-25,27-29,42,44H,12-16H2,1-11H3. The Hall–Kier alpha value is -2.99. The molecule has 5 aliphatic carbocycles. The van der Waals surface area contributed by atoms with Crippen LogP contribution in [0.2, 0.25) is 0 Å². The second kappa shape index (κ2) is 10.5. The molecule has 14 unspecified atom stereocenters. The second-order valence-electron chi connectivity index (χ2n) is 17.2. The molecule has 6 rings (SSSR count). The number of carbonyl (C=O) groups excluding carboxylic acids is 5. The van der Waals surface area contributed by atoms with Crippen molar-refractivity contribution >= 4 is 29.7 Å². The highest BCUT2D eigenvalue weighted by molar-refractivity contribution is 5.95. The fourth-order valence-corrected chi connectivity index (χ4v) is 13.3. The first kappa shape index (κ1) is 35.8. The summed E-state index contributed by atoms with van der Waals surface area (Å²) in [5.41, 5.74) is -8.85. The van der Waals surface area contributed by atoms with Gasteiger partial charge in [0.15, 0.2) is 23.8 Å². The van der Waals surface area contributed by atoms with Crippen molar-refractivity contribution in [3.63, 3.8) is 0 Å². The summed E-state index contributed by atoms with van der Waals surface area (Å²) >= 11 is 0. The molecule has 6 aliphatic rings. The molecular formula is C37H52O12. The van der Waals surface area contributed by atoms with Crippen molar-refractivity contribution in [2.45, 2.75) is 137 Å². The summed E-state index contributed by atoms with van der Waals surface area (Å²) in [5.74, 6) is -4.19. The van der Waals surface area contributed by atoms with Crippen molar-refractivity contribution in [3.8, 4) is 0 Å². The summed E-state index contributed by atoms with van der Waals surface area (Å²) in [7, 11) is 1.47. The molecular weight excluding hydrogens is 636 g/mol. The van der Waals surface area contributed by atoms with E-state index in [9.17, 15) is 34.2 Å². The van der Waals surface area contributed by atoms with Crippen LogP contribution in [0.4, 0.5) is 0 Å². The van der Waals surface area contributed by atoms with Crippen LogP contribution < -0.4 is 0 Å². The van der Waals surface area contributed by atoms with E-state index in [0.717, 1.165) is 5.57 Å². The quantitative estimate of drug-likeness (QED) is 0.325. The molecule has 0 aromatic rings. The fraction of sp³-hybridized carbons (Fsp3) is 0.811. The zero-order valence-electron chi connectivity index (χ0n) is 30.6. The van der Waals surface area contributed by atoms with Gasteiger partial charge in [0.2, 0.25) is 0 Å². The first-order valence-corrected chi connectivity index (χ1v) is 17.4. The molecule has 2 spiro atoms. The topological polar surface area (TPSA) is 172 Å². The smallest absolute Gasteiger partial charge is 0.312 e. The number of esters is 4. The Morgan fingerprint density at radius 3 is 2.00 bits per heavy atom. The van der Waals surface area contributed by atoms with Gasteiger partial charge in [0.05, 0.1) is 29.5 Å². The van der Waals surface area contributed by atoms with Gasteiger partial charge in [-0.15, -0.1) is 0 Å². The number of hydrogen-bond acceptors (Lipinski definition) is 12. The zero-order chi connectivity index (χ0) is 36.7. The number of hydrogen-bond donors (Lipinski definition) is 2. The molecule has 49 heavy (non-hydrogen) atoms. The van der Waals surface area contributed by atoms with Gasteiger partial charge in [-0.1, -0.05) is 20.8 Å². The summed E-state index contributed by atoms with van der Waals surface area (Å²) in [6.45, 7) is 16.5. The minimum Gasteiger partial charge on any atom is -0.493 e. The van der Waals surface area contributed by atoms with Crippen LogP contribution >= 0.6 is 0 Å². The Bertz CT molecular complexity index is 1570. The van der Waals surface area contributed by atoms with E-state index in [1.807, 2.05) is 27.7 Å². The molecule has 272 valence electrons. The Morgan fingerprint density at radius 2 is 1.45 bits per heavy atom. The van der Waals surface area contributed by atoms with Crippen molar-refractivity contribution in [1.82, 2.24) is 0 Å². The average Bonchev–Trinajstić information content (AvgIpc) is 3.36. The summed E-state index contributed by atoms with van der Waals surface area (Å²) in [6.07, 6.45) is -4.28. The van der Waals surface area contributed by atoms with Crippen LogP contribution in [0.5, 0.6) is 0 Å². The first-order chi connectivity index (χ1) is 22.5. The lowest BCUT2D eigenvalue weighted by atomic mass is 9.33. The van der Waals surface area contributed by atoms with E-state index < -0.39 is 98.4 Å². The van der Waals surface area contributed by atoms with Crippen LogP contribution in [-0.4, -0.2) is 82.6 Å². The number of fused-ring (bicyclic) bond motifs is 5. The molecule has 0 amide bonds. The van der Waals surface area contributed by atoms with Gasteiger partial charge < -0.3 is 33.9 Å². The molecule has 4 saturated carbocycles. The van der Waals surface area contributed by atoms with E-state index in [4.69, 9.17) is 23.7 Å². The van der Waals surface area contributed by atoms with Gasteiger partial charge in [-0.3, -0.25) is 24.0 Å². The number of ketones is 1. The highest BCUT2D eigenvalue weighted by Crippen LogP contribution is 2.83. The van der Waals surface area contributed by atoms with Gasteiger partial charge in [0.25, 0.3) is 0 Å². The summed E-state index contributed by atoms with van der Waals surface area (Å²) in [5, 5.41) is 26.1. The number of Topliss-reactive ketones (excluding diaryl/α,β-unsaturated/α-hetero) is 1. The van der Waals surface area contributed by atoms with Crippen LogP contribution in [0, 0.1) is 44.8 Å². The lowest BCUT2D eigenvalue weighted by Gasteiger charge is -2.73. The highest BCUT2D eigenvalue weighted by Gasteiger charge is 2.92. The third-order valence-corrected chi connectivity index (χ3v) is 14.7. The number of methoxy groups -OCH3 is 1. The minimum absolute atomic E-state index is 0.0320. The molecule has 12 heteroatoms. The monoisotopic (exact) mass is 688 g/mol. The van der Waals surface area contributed by atoms with Crippen molar-refractivity contribution in [3.05, 3.63) is 11.3 Å². The Labute approximate surface area is 287 Å². The first-order valence-electron chi connectivity index (χ1n) is 17.4. The third kappa shape index (κ3) is 4.01. The molecule has 0 aromatic heterocycles. The predicted molar refractivity (Wildman–Crippen MR) is 171 cm³/mol. The zero-order valence-corrected chi connectivity index (χ0v) is 30.6. The van der Waals surface area contributed by atoms with Gasteiger partial charge in [-0.05, 0) is 68.8 Å². The number of allylic oxidation sites excluding steroid dienone is 2. The van der Waals surface area contributed by atoms with E-state index in [1.165, 1.54) is 34.8 Å². The van der Waals surface area contributed by atoms with Gasteiger partial charge in [0, 0.05) is 46.0 Å². The maximum atomic E-state index is 14.2. The molecule has 2 bridgehead atoms. The number of rotatable bonds is 4. The molecule has 5 fully saturated rings. The molecule has 1 aliphatic heterocycles. The summed E-state index contributed by atoms with van der Waals surface area (Å²) in [4.78, 5) is 66.5. The van der Waals surface area contributed by atoms with E-state index in [1.54, 1.807) is 13.8 Å². The third-order valence-electron chi connectivity index (χ3n) is 14.7. The van der Waals surface area contributed by atoms with Crippen molar-refractivity contribution in [1.29, 1.82) is 0 Å². The maximum Gasteiger partial charge on any atom is 0.312 e. The van der Waals surface area contributed by atoms with Gasteiger partial charge in [-0.2, -0.15) is 0 Å². The van der Waals surface area contributed by atoms with E-state index in [0.29, 0.717) is 12.2 Å². The van der Waals surface area contributed by atoms with Crippen LogP contribution in [0.15, 0.2) is 11.3 Å². The van der Waals surface area contributed by atoms with Crippen LogP contribution in [-0.2, 0) is 47.7 Å². The SMILES string of the molecule is COC1=C(C)C2(C)CC(O)C3C(C)(CC(C)C34C(C)(O)C(OC(C)=O)C(OC(C)=O)C3(C)C(OC(C)=O)CC5(C)CC34OC5=O)C2CC1=O. The Kier molecular flexibility index (Phi) is 7.69. The lowest BCUT2D eigenvalue weighted by molar-refractivity contribution is -0.383. The Balaban J connectivity index is 1.72. The number of ether oxygens (including phenoxy) is 5. The molecule has 14 atom stereocenters. The summed E-state index contributed by atoms with van der Waals surface area (Å²) < 4.78 is 30.4. The van der Waals surface area contributed by atoms with Gasteiger partial charge in [0.1, 0.15) is 17.3 Å². The molecule has 1 heterocycles. The number of aliphatic hydroxyl groups is 2. The molecule has 1 saturated heterocycles. The molecule has 0 aromatic carbocycles. The lowest BCUT2D eigenvalue weighted by Crippen LogP contribution is -2.86. The van der Waals surface area contributed by atoms with Gasteiger partial charge in [-0.25, -0.2) is 0 Å². The maximum absolute atomic E-state index is 14.2. The normalized spacial score (nSPS) is 51.3. The van der Waals surface area contributed by atoms with E-state index in [2.05, 4.69) is 0 Å². The van der Waals surface area contributed by atoms with Crippen LogP contribution in [0.3, 0.4) is 0 Å². The fourth-order valence-electron chi connectivity index (χ4n) is 13.3.